The molecule has 5 rings (SSSR count). The van der Waals surface area contributed by atoms with E-state index in [-0.39, 0.29) is 17.4 Å². The number of fused-ring (bicyclic) bond motifs is 1. The summed E-state index contributed by atoms with van der Waals surface area (Å²) in [5, 5.41) is 0.735. The second-order valence-corrected chi connectivity index (χ2v) is 8.57. The molecule has 35 heavy (non-hydrogen) atoms. The Balaban J connectivity index is 1.62. The van der Waals surface area contributed by atoms with Crippen LogP contribution in [0.4, 0.5) is 30.5 Å². The minimum Gasteiger partial charge on any atom is -0.384 e. The third-order valence-corrected chi connectivity index (χ3v) is 6.47. The fourth-order valence-corrected chi connectivity index (χ4v) is 4.51. The standard InChI is InChI=1S/C24H24F3N7O/c1-2-21(35)33-8-10-34(11-9-33)23-15-13-19(32-6-3-7-32)16(12-18(15)29-14-30-23)22-17(24(25,26)27)4-5-20(28)31-22/h2,4-5,12-14H,1,3,6-11H2,(H2,28,31). The second-order valence-electron chi connectivity index (χ2n) is 8.57. The van der Waals surface area contributed by atoms with Gasteiger partial charge >= 0.3 is 6.18 Å². The molecule has 3 aromatic rings. The Morgan fingerprint density at radius 3 is 2.40 bits per heavy atom. The minimum absolute atomic E-state index is 0.0120. The highest BCUT2D eigenvalue weighted by Gasteiger charge is 2.36. The van der Waals surface area contributed by atoms with Crippen molar-refractivity contribution in [2.75, 3.05) is 54.8 Å². The zero-order chi connectivity index (χ0) is 24.7. The number of pyridine rings is 1. The van der Waals surface area contributed by atoms with Crippen LogP contribution < -0.4 is 15.5 Å². The number of aromatic nitrogens is 3. The van der Waals surface area contributed by atoms with Crippen LogP contribution in [0.3, 0.4) is 0 Å². The van der Waals surface area contributed by atoms with Crippen LogP contribution in [0, 0.1) is 0 Å². The Hall–Kier alpha value is -3.89. The molecule has 0 aliphatic carbocycles. The van der Waals surface area contributed by atoms with Crippen molar-refractivity contribution in [2.24, 2.45) is 0 Å². The fourth-order valence-electron chi connectivity index (χ4n) is 4.51. The van der Waals surface area contributed by atoms with E-state index in [0.29, 0.717) is 48.8 Å². The molecule has 8 nitrogen and oxygen atoms in total. The third-order valence-electron chi connectivity index (χ3n) is 6.47. The van der Waals surface area contributed by atoms with Gasteiger partial charge in [-0.1, -0.05) is 6.58 Å². The molecule has 1 amide bonds. The van der Waals surface area contributed by atoms with Crippen molar-refractivity contribution in [2.45, 2.75) is 12.6 Å². The van der Waals surface area contributed by atoms with E-state index in [1.807, 2.05) is 11.0 Å². The minimum atomic E-state index is -4.59. The topological polar surface area (TPSA) is 91.5 Å². The number of nitrogens with two attached hydrogens (primary N) is 1. The predicted molar refractivity (Wildman–Crippen MR) is 128 cm³/mol. The molecule has 2 saturated heterocycles. The Bertz CT molecular complexity index is 1300. The fraction of sp³-hybridized carbons (Fsp3) is 0.333. The molecule has 2 aliphatic heterocycles. The first-order valence-electron chi connectivity index (χ1n) is 11.3. The summed E-state index contributed by atoms with van der Waals surface area (Å²) in [5.74, 6) is 0.584. The van der Waals surface area contributed by atoms with Gasteiger partial charge < -0.3 is 20.4 Å². The van der Waals surface area contributed by atoms with Gasteiger partial charge in [-0.2, -0.15) is 13.2 Å². The molecular weight excluding hydrogens is 459 g/mol. The number of anilines is 3. The highest BCUT2D eigenvalue weighted by atomic mass is 19.4. The Morgan fingerprint density at radius 1 is 1.03 bits per heavy atom. The number of halogens is 3. The van der Waals surface area contributed by atoms with Crippen LogP contribution >= 0.6 is 0 Å². The van der Waals surface area contributed by atoms with Gasteiger partial charge in [0, 0.05) is 55.9 Å². The second kappa shape index (κ2) is 8.71. The zero-order valence-corrected chi connectivity index (χ0v) is 18.9. The van der Waals surface area contributed by atoms with Gasteiger partial charge in [-0.15, -0.1) is 0 Å². The maximum absolute atomic E-state index is 13.9. The van der Waals surface area contributed by atoms with Gasteiger partial charge in [0.2, 0.25) is 5.91 Å². The van der Waals surface area contributed by atoms with Gasteiger partial charge in [-0.3, -0.25) is 4.79 Å². The van der Waals surface area contributed by atoms with Crippen LogP contribution in [0.5, 0.6) is 0 Å². The molecule has 2 aromatic heterocycles. The first-order valence-corrected chi connectivity index (χ1v) is 11.3. The van der Waals surface area contributed by atoms with Crippen LogP contribution in [0.2, 0.25) is 0 Å². The molecule has 0 bridgehead atoms. The largest absolute Gasteiger partial charge is 0.418 e. The van der Waals surface area contributed by atoms with E-state index < -0.39 is 11.7 Å². The maximum atomic E-state index is 13.9. The van der Waals surface area contributed by atoms with Gasteiger partial charge in [-0.25, -0.2) is 15.0 Å². The first kappa shape index (κ1) is 22.9. The number of amides is 1. The third kappa shape index (κ3) is 4.22. The number of rotatable bonds is 4. The Kier molecular flexibility index (Phi) is 5.70. The first-order chi connectivity index (χ1) is 16.8. The summed E-state index contributed by atoms with van der Waals surface area (Å²) in [4.78, 5) is 30.7. The normalized spacial score (nSPS) is 16.4. The van der Waals surface area contributed by atoms with Gasteiger partial charge in [0.1, 0.15) is 18.0 Å². The van der Waals surface area contributed by atoms with Crippen molar-refractivity contribution >= 4 is 34.1 Å². The molecule has 2 aliphatic rings. The van der Waals surface area contributed by atoms with Crippen molar-refractivity contribution in [3.63, 3.8) is 0 Å². The number of carbonyl (C=O) groups is 1. The van der Waals surface area contributed by atoms with Gasteiger partial charge in [0.05, 0.1) is 16.8 Å². The molecule has 0 atom stereocenters. The molecule has 182 valence electrons. The van der Waals surface area contributed by atoms with Crippen LogP contribution in [-0.2, 0) is 11.0 Å². The van der Waals surface area contributed by atoms with E-state index in [1.165, 1.54) is 12.4 Å². The summed E-state index contributed by atoms with van der Waals surface area (Å²) >= 11 is 0. The number of nitrogens with zero attached hydrogens (tertiary/aromatic N) is 6. The van der Waals surface area contributed by atoms with Crippen LogP contribution in [-0.4, -0.2) is 65.0 Å². The van der Waals surface area contributed by atoms with Crippen molar-refractivity contribution in [3.05, 3.63) is 48.8 Å². The SMILES string of the molecule is C=CC(=O)N1CCN(c2ncnc3cc(-c4nc(N)ccc4C(F)(F)F)c(N4CCC4)cc23)CC1. The number of alkyl halides is 3. The molecule has 2 N–H and O–H groups in total. The van der Waals surface area contributed by atoms with Crippen molar-refractivity contribution < 1.29 is 18.0 Å². The molecule has 0 radical (unpaired) electrons. The van der Waals surface area contributed by atoms with Crippen molar-refractivity contribution in [3.8, 4) is 11.3 Å². The maximum Gasteiger partial charge on any atom is 0.418 e. The van der Waals surface area contributed by atoms with E-state index in [9.17, 15) is 18.0 Å². The Labute approximate surface area is 199 Å². The zero-order valence-electron chi connectivity index (χ0n) is 18.9. The molecule has 0 unspecified atom stereocenters. The quantitative estimate of drug-likeness (QED) is 0.569. The lowest BCUT2D eigenvalue weighted by molar-refractivity contribution is -0.137. The van der Waals surface area contributed by atoms with E-state index in [4.69, 9.17) is 5.73 Å². The van der Waals surface area contributed by atoms with Gasteiger partial charge in [0.25, 0.3) is 0 Å². The number of hydrogen-bond acceptors (Lipinski definition) is 7. The summed E-state index contributed by atoms with van der Waals surface area (Å²) in [7, 11) is 0. The summed E-state index contributed by atoms with van der Waals surface area (Å²) in [6, 6.07) is 5.62. The summed E-state index contributed by atoms with van der Waals surface area (Å²) in [5.41, 5.74) is 6.24. The summed E-state index contributed by atoms with van der Waals surface area (Å²) in [6.45, 7) is 7.19. The van der Waals surface area contributed by atoms with E-state index >= 15 is 0 Å². The molecule has 2 fully saturated rings. The van der Waals surface area contributed by atoms with E-state index in [1.54, 1.807) is 11.0 Å². The molecule has 1 aromatic carbocycles. The summed E-state index contributed by atoms with van der Waals surface area (Å²) in [6.07, 6.45) is -0.929. The number of benzene rings is 1. The highest BCUT2D eigenvalue weighted by Crippen LogP contribution is 2.43. The van der Waals surface area contributed by atoms with Gasteiger partial charge in [0.15, 0.2) is 0 Å². The average Bonchev–Trinajstić information content (AvgIpc) is 2.81. The number of hydrogen-bond donors (Lipinski definition) is 1. The molecule has 4 heterocycles. The Morgan fingerprint density at radius 2 is 1.77 bits per heavy atom. The molecule has 0 saturated carbocycles. The lowest BCUT2D eigenvalue weighted by atomic mass is 9.98. The van der Waals surface area contributed by atoms with Crippen LogP contribution in [0.1, 0.15) is 12.0 Å². The van der Waals surface area contributed by atoms with Crippen LogP contribution in [0.15, 0.2) is 43.2 Å². The summed E-state index contributed by atoms with van der Waals surface area (Å²) < 4.78 is 41.6. The number of carbonyl (C=O) groups excluding carboxylic acids is 1. The lowest BCUT2D eigenvalue weighted by Gasteiger charge is -2.37. The van der Waals surface area contributed by atoms with Crippen LogP contribution in [0.25, 0.3) is 22.2 Å². The molecular formula is C24H24F3N7O. The molecule has 11 heteroatoms. The molecule has 0 spiro atoms. The van der Waals surface area contributed by atoms with Gasteiger partial charge in [-0.05, 0) is 36.8 Å². The smallest absolute Gasteiger partial charge is 0.384 e. The average molecular weight is 483 g/mol. The van der Waals surface area contributed by atoms with E-state index in [2.05, 4.69) is 26.4 Å². The van der Waals surface area contributed by atoms with Crippen molar-refractivity contribution in [1.82, 2.24) is 19.9 Å². The number of piperazine rings is 1. The monoisotopic (exact) mass is 483 g/mol. The lowest BCUT2D eigenvalue weighted by Crippen LogP contribution is -2.48. The van der Waals surface area contributed by atoms with Crippen molar-refractivity contribution in [1.29, 1.82) is 0 Å². The highest BCUT2D eigenvalue weighted by molar-refractivity contribution is 5.98. The predicted octanol–water partition coefficient (Wildman–Crippen LogP) is 3.34. The number of nitrogen functional groups attached to an aromatic ring is 1. The van der Waals surface area contributed by atoms with E-state index in [0.717, 1.165) is 37.0 Å².